The van der Waals surface area contributed by atoms with Crippen LogP contribution in [0.2, 0.25) is 0 Å². The fourth-order valence-electron chi connectivity index (χ4n) is 3.30. The van der Waals surface area contributed by atoms with E-state index >= 15 is 0 Å². The molecule has 20 heavy (non-hydrogen) atoms. The Kier molecular flexibility index (Phi) is 3.76. The number of fused-ring (bicyclic) bond motifs is 2. The lowest BCUT2D eigenvalue weighted by Gasteiger charge is -2.33. The fraction of sp³-hybridized carbons (Fsp3) is 0.562. The van der Waals surface area contributed by atoms with Gasteiger partial charge in [-0.2, -0.15) is 0 Å². The second kappa shape index (κ2) is 5.54. The summed E-state index contributed by atoms with van der Waals surface area (Å²) >= 11 is 0. The zero-order chi connectivity index (χ0) is 14.1. The lowest BCUT2D eigenvalue weighted by Crippen LogP contribution is -2.44. The van der Waals surface area contributed by atoms with Crippen molar-refractivity contribution in [2.45, 2.75) is 25.2 Å². The molecule has 1 aromatic carbocycles. The molecule has 2 aliphatic heterocycles. The smallest absolute Gasteiger partial charge is 0.227 e. The van der Waals surface area contributed by atoms with Crippen molar-refractivity contribution in [3.05, 3.63) is 35.9 Å². The minimum Gasteiger partial charge on any atom is -0.371 e. The molecule has 3 rings (SSSR count). The Hall–Kier alpha value is -1.39. The Morgan fingerprint density at radius 1 is 1.30 bits per heavy atom. The van der Waals surface area contributed by atoms with Crippen molar-refractivity contribution in [2.75, 3.05) is 27.2 Å². The first kappa shape index (κ1) is 13.6. The highest BCUT2D eigenvalue weighted by Crippen LogP contribution is 2.33. The van der Waals surface area contributed by atoms with Gasteiger partial charge in [0.2, 0.25) is 5.91 Å². The van der Waals surface area contributed by atoms with Crippen molar-refractivity contribution in [1.82, 2.24) is 9.80 Å². The third-order valence-electron chi connectivity index (χ3n) is 4.24. The van der Waals surface area contributed by atoms with E-state index in [-0.39, 0.29) is 24.0 Å². The van der Waals surface area contributed by atoms with Crippen LogP contribution in [-0.4, -0.2) is 55.1 Å². The quantitative estimate of drug-likeness (QED) is 0.834. The summed E-state index contributed by atoms with van der Waals surface area (Å²) in [5.74, 6) is 0.245. The van der Waals surface area contributed by atoms with Gasteiger partial charge in [0.15, 0.2) is 0 Å². The van der Waals surface area contributed by atoms with E-state index in [1.54, 1.807) is 4.90 Å². The van der Waals surface area contributed by atoms with Gasteiger partial charge in [-0.15, -0.1) is 0 Å². The Bertz CT molecular complexity index is 475. The molecule has 2 bridgehead atoms. The molecule has 0 radical (unpaired) electrons. The van der Waals surface area contributed by atoms with Crippen LogP contribution in [0.15, 0.2) is 30.3 Å². The molecule has 108 valence electrons. The number of carbonyl (C=O) groups excluding carboxylic acids is 1. The van der Waals surface area contributed by atoms with Crippen LogP contribution in [0.3, 0.4) is 0 Å². The van der Waals surface area contributed by atoms with Gasteiger partial charge in [0.1, 0.15) is 0 Å². The van der Waals surface area contributed by atoms with Gasteiger partial charge in [0.25, 0.3) is 0 Å². The van der Waals surface area contributed by atoms with Crippen LogP contribution in [0.1, 0.15) is 12.0 Å². The molecule has 4 heteroatoms. The van der Waals surface area contributed by atoms with Gasteiger partial charge in [0.05, 0.1) is 18.1 Å². The fourth-order valence-corrected chi connectivity index (χ4v) is 3.30. The molecule has 0 N–H and O–H groups in total. The molecule has 0 unspecified atom stereocenters. The van der Waals surface area contributed by atoms with E-state index in [2.05, 4.69) is 29.2 Å². The molecule has 4 nitrogen and oxygen atoms in total. The molecule has 1 amide bonds. The van der Waals surface area contributed by atoms with Crippen molar-refractivity contribution in [3.8, 4) is 0 Å². The Morgan fingerprint density at radius 3 is 2.75 bits per heavy atom. The van der Waals surface area contributed by atoms with Crippen molar-refractivity contribution in [3.63, 3.8) is 0 Å². The summed E-state index contributed by atoms with van der Waals surface area (Å²) in [6.07, 6.45) is 1.14. The van der Waals surface area contributed by atoms with E-state index in [1.807, 2.05) is 20.2 Å². The predicted molar refractivity (Wildman–Crippen MR) is 77.2 cm³/mol. The highest BCUT2D eigenvalue weighted by Gasteiger charge is 2.44. The first-order valence-electron chi connectivity index (χ1n) is 7.26. The van der Waals surface area contributed by atoms with Crippen LogP contribution in [-0.2, 0) is 16.1 Å². The second-order valence-electron chi connectivity index (χ2n) is 6.05. The van der Waals surface area contributed by atoms with E-state index in [4.69, 9.17) is 4.74 Å². The number of nitrogens with zero attached hydrogens (tertiary/aromatic N) is 2. The van der Waals surface area contributed by atoms with Crippen LogP contribution in [0.4, 0.5) is 0 Å². The number of ether oxygens (including phenoxy) is 1. The number of carbonyl (C=O) groups is 1. The zero-order valence-electron chi connectivity index (χ0n) is 12.2. The molecule has 2 heterocycles. The largest absolute Gasteiger partial charge is 0.371 e. The maximum atomic E-state index is 12.2. The Labute approximate surface area is 120 Å². The lowest BCUT2D eigenvalue weighted by atomic mass is 9.99. The number of morpholine rings is 1. The normalized spacial score (nSPS) is 29.4. The van der Waals surface area contributed by atoms with Crippen LogP contribution in [0.25, 0.3) is 0 Å². The minimum atomic E-state index is 0.0378. The van der Waals surface area contributed by atoms with Crippen molar-refractivity contribution >= 4 is 5.91 Å². The molecule has 1 aromatic rings. The molecule has 0 aromatic heterocycles. The number of hydrogen-bond donors (Lipinski definition) is 0. The Morgan fingerprint density at radius 2 is 2.05 bits per heavy atom. The molecule has 2 saturated heterocycles. The topological polar surface area (TPSA) is 32.8 Å². The maximum absolute atomic E-state index is 12.2. The number of benzene rings is 1. The molecule has 2 fully saturated rings. The molecular weight excluding hydrogens is 252 g/mol. The zero-order valence-corrected chi connectivity index (χ0v) is 12.2. The summed E-state index contributed by atoms with van der Waals surface area (Å²) in [4.78, 5) is 16.3. The van der Waals surface area contributed by atoms with E-state index < -0.39 is 0 Å². The van der Waals surface area contributed by atoms with E-state index in [9.17, 15) is 4.79 Å². The third-order valence-corrected chi connectivity index (χ3v) is 4.24. The van der Waals surface area contributed by atoms with Crippen LogP contribution in [0, 0.1) is 5.92 Å². The average Bonchev–Trinajstić information content (AvgIpc) is 2.74. The van der Waals surface area contributed by atoms with Gasteiger partial charge in [-0.1, -0.05) is 30.3 Å². The summed E-state index contributed by atoms with van der Waals surface area (Å²) in [6.45, 7) is 2.73. The molecule has 0 saturated carbocycles. The Balaban J connectivity index is 1.65. The molecule has 2 aliphatic rings. The predicted octanol–water partition coefficient (Wildman–Crippen LogP) is 1.36. The van der Waals surface area contributed by atoms with Gasteiger partial charge >= 0.3 is 0 Å². The number of amides is 1. The van der Waals surface area contributed by atoms with E-state index in [0.29, 0.717) is 0 Å². The first-order valence-corrected chi connectivity index (χ1v) is 7.26. The monoisotopic (exact) mass is 274 g/mol. The van der Waals surface area contributed by atoms with Gasteiger partial charge in [-0.05, 0) is 12.0 Å². The first-order chi connectivity index (χ1) is 9.63. The van der Waals surface area contributed by atoms with Gasteiger partial charge in [0, 0.05) is 33.7 Å². The van der Waals surface area contributed by atoms with Gasteiger partial charge in [-0.3, -0.25) is 9.69 Å². The highest BCUT2D eigenvalue weighted by molar-refractivity contribution is 5.79. The van der Waals surface area contributed by atoms with Crippen LogP contribution < -0.4 is 0 Å². The summed E-state index contributed by atoms with van der Waals surface area (Å²) in [7, 11) is 3.65. The van der Waals surface area contributed by atoms with E-state index in [0.717, 1.165) is 26.1 Å². The van der Waals surface area contributed by atoms with Crippen LogP contribution >= 0.6 is 0 Å². The molecule has 3 atom stereocenters. The second-order valence-corrected chi connectivity index (χ2v) is 6.05. The standard InChI is InChI=1S/C16H22N2O2/c1-17(2)16(19)14-8-13-10-18(11-15(14)20-13)9-12-6-4-3-5-7-12/h3-7,13-15H,8-11H2,1-2H3/t13-,14-,15+/m0/s1. The number of rotatable bonds is 3. The average molecular weight is 274 g/mol. The maximum Gasteiger partial charge on any atom is 0.227 e. The van der Waals surface area contributed by atoms with Crippen molar-refractivity contribution in [2.24, 2.45) is 5.92 Å². The summed E-state index contributed by atoms with van der Waals surface area (Å²) in [5, 5.41) is 0. The molecular formula is C16H22N2O2. The van der Waals surface area contributed by atoms with Crippen molar-refractivity contribution in [1.29, 1.82) is 0 Å². The summed E-state index contributed by atoms with van der Waals surface area (Å²) in [6, 6.07) is 10.5. The lowest BCUT2D eigenvalue weighted by molar-refractivity contribution is -0.136. The minimum absolute atomic E-state index is 0.0378. The van der Waals surface area contributed by atoms with Gasteiger partial charge in [-0.25, -0.2) is 0 Å². The van der Waals surface area contributed by atoms with E-state index in [1.165, 1.54) is 5.56 Å². The highest BCUT2D eigenvalue weighted by atomic mass is 16.5. The third kappa shape index (κ3) is 2.72. The summed E-state index contributed by atoms with van der Waals surface area (Å²) in [5.41, 5.74) is 1.32. The molecule has 0 aliphatic carbocycles. The number of hydrogen-bond acceptors (Lipinski definition) is 3. The summed E-state index contributed by atoms with van der Waals surface area (Å²) < 4.78 is 5.96. The van der Waals surface area contributed by atoms with Crippen LogP contribution in [0.5, 0.6) is 0 Å². The molecule has 0 spiro atoms. The van der Waals surface area contributed by atoms with Crippen molar-refractivity contribution < 1.29 is 9.53 Å². The SMILES string of the molecule is CN(C)C(=O)[C@H]1C[C@H]2CN(Cc3ccccc3)C[C@H]1O2. The van der Waals surface area contributed by atoms with Gasteiger partial charge < -0.3 is 9.64 Å². The number of likely N-dealkylation sites (tertiary alicyclic amines) is 1.